The summed E-state index contributed by atoms with van der Waals surface area (Å²) in [6, 6.07) is 14.4. The van der Waals surface area contributed by atoms with Crippen molar-refractivity contribution >= 4 is 23.0 Å². The minimum Gasteiger partial charge on any atom is -0.364 e. The summed E-state index contributed by atoms with van der Waals surface area (Å²) in [5, 5.41) is 11.7. The highest BCUT2D eigenvalue weighted by molar-refractivity contribution is 6.30. The molecule has 6 nitrogen and oxygen atoms in total. The van der Waals surface area contributed by atoms with Crippen molar-refractivity contribution in [2.45, 2.75) is 38.5 Å². The topological polar surface area (TPSA) is 64.8 Å². The molecule has 0 aromatic heterocycles. The molecule has 1 saturated heterocycles. The van der Waals surface area contributed by atoms with E-state index in [0.29, 0.717) is 24.7 Å². The summed E-state index contributed by atoms with van der Waals surface area (Å²) in [5.74, 6) is -0.654. The van der Waals surface area contributed by atoms with Gasteiger partial charge in [-0.05, 0) is 43.7 Å². The largest absolute Gasteiger partial charge is 0.364 e. The number of ether oxygens (including phenoxy) is 2. The Morgan fingerprint density at radius 2 is 1.71 bits per heavy atom. The number of anilines is 1. The highest BCUT2D eigenvalue weighted by atomic mass is 35.5. The minimum atomic E-state index is -0.654. The van der Waals surface area contributed by atoms with Crippen LogP contribution in [0.1, 0.15) is 38.3 Å². The molecular formula is C21H25ClN2O4. The fourth-order valence-electron chi connectivity index (χ4n) is 3.84. The maximum Gasteiger partial charge on any atom is 0.269 e. The summed E-state index contributed by atoms with van der Waals surface area (Å²) in [6.45, 7) is 5.80. The van der Waals surface area contributed by atoms with Gasteiger partial charge in [0.05, 0.1) is 11.0 Å². The number of nitro groups is 1. The summed E-state index contributed by atoms with van der Waals surface area (Å²) in [7, 11) is 0. The number of piperidine rings is 1. The zero-order chi connectivity index (χ0) is 20.1. The van der Waals surface area contributed by atoms with Gasteiger partial charge in [0.15, 0.2) is 5.79 Å². The quantitative estimate of drug-likeness (QED) is 0.353. The van der Waals surface area contributed by atoms with Gasteiger partial charge in [-0.15, -0.1) is 0 Å². The lowest BCUT2D eigenvalue weighted by Crippen LogP contribution is -2.49. The van der Waals surface area contributed by atoms with Gasteiger partial charge in [-0.3, -0.25) is 10.1 Å². The van der Waals surface area contributed by atoms with Crippen molar-refractivity contribution in [1.29, 1.82) is 0 Å². The lowest BCUT2D eigenvalue weighted by atomic mass is 9.89. The van der Waals surface area contributed by atoms with Gasteiger partial charge in [0.1, 0.15) is 0 Å². The third kappa shape index (κ3) is 4.46. The van der Waals surface area contributed by atoms with Crippen LogP contribution in [0.3, 0.4) is 0 Å². The van der Waals surface area contributed by atoms with E-state index >= 15 is 0 Å². The number of halogens is 1. The molecule has 1 unspecified atom stereocenters. The maximum absolute atomic E-state index is 11.0. The summed E-state index contributed by atoms with van der Waals surface area (Å²) >= 11 is 6.06. The number of nitrogens with zero attached hydrogens (tertiary/aromatic N) is 2. The molecule has 2 aromatic rings. The first kappa shape index (κ1) is 20.6. The summed E-state index contributed by atoms with van der Waals surface area (Å²) in [5.41, 5.74) is 2.12. The van der Waals surface area contributed by atoms with Crippen molar-refractivity contribution in [2.24, 2.45) is 0 Å². The van der Waals surface area contributed by atoms with Gasteiger partial charge < -0.3 is 14.4 Å². The van der Waals surface area contributed by atoms with Gasteiger partial charge in [0, 0.05) is 55.4 Å². The van der Waals surface area contributed by atoms with E-state index in [1.54, 1.807) is 12.1 Å². The molecule has 28 heavy (non-hydrogen) atoms. The predicted octanol–water partition coefficient (Wildman–Crippen LogP) is 5.36. The van der Waals surface area contributed by atoms with Crippen molar-refractivity contribution < 1.29 is 14.4 Å². The van der Waals surface area contributed by atoms with Crippen molar-refractivity contribution in [3.8, 4) is 0 Å². The molecule has 0 saturated carbocycles. The molecular weight excluding hydrogens is 380 g/mol. The van der Waals surface area contributed by atoms with E-state index in [4.69, 9.17) is 21.1 Å². The second-order valence-corrected chi connectivity index (χ2v) is 7.20. The monoisotopic (exact) mass is 404 g/mol. The third-order valence-corrected chi connectivity index (χ3v) is 5.33. The highest BCUT2D eigenvalue weighted by Crippen LogP contribution is 2.42. The molecule has 0 N–H and O–H groups in total. The minimum absolute atomic E-state index is 0.0335. The van der Waals surface area contributed by atoms with Crippen LogP contribution in [0.25, 0.3) is 0 Å². The standard InChI is InChI=1S/C21H25ClN2O4/c1-3-27-21(28-4-2)13-14-23(18-11-7-17(22)8-12-18)20(15-21)16-5-9-19(10-6-16)24(25)26/h5-12,20H,3-4,13-15H2,1-2H3. The van der Waals surface area contributed by atoms with Crippen molar-refractivity contribution in [3.05, 3.63) is 69.2 Å². The van der Waals surface area contributed by atoms with Crippen LogP contribution >= 0.6 is 11.6 Å². The first-order valence-corrected chi connectivity index (χ1v) is 9.90. The van der Waals surface area contributed by atoms with Crippen LogP contribution in [0.4, 0.5) is 11.4 Å². The average molecular weight is 405 g/mol. The Kier molecular flexibility index (Phi) is 6.54. The molecule has 0 amide bonds. The second kappa shape index (κ2) is 8.90. The maximum atomic E-state index is 11.0. The zero-order valence-electron chi connectivity index (χ0n) is 16.1. The van der Waals surface area contributed by atoms with E-state index in [0.717, 1.165) is 24.2 Å². The lowest BCUT2D eigenvalue weighted by Gasteiger charge is -2.47. The molecule has 0 aliphatic carbocycles. The molecule has 150 valence electrons. The van der Waals surface area contributed by atoms with Gasteiger partial charge in [-0.25, -0.2) is 0 Å². The Morgan fingerprint density at radius 3 is 2.25 bits per heavy atom. The van der Waals surface area contributed by atoms with Crippen molar-refractivity contribution in [1.82, 2.24) is 0 Å². The van der Waals surface area contributed by atoms with Crippen molar-refractivity contribution in [2.75, 3.05) is 24.7 Å². The third-order valence-electron chi connectivity index (χ3n) is 5.08. The molecule has 1 aliphatic heterocycles. The summed E-state index contributed by atoms with van der Waals surface area (Å²) in [4.78, 5) is 12.9. The van der Waals surface area contributed by atoms with E-state index in [-0.39, 0.29) is 16.7 Å². The van der Waals surface area contributed by atoms with E-state index in [1.165, 1.54) is 0 Å². The van der Waals surface area contributed by atoms with Crippen LogP contribution in [-0.2, 0) is 9.47 Å². The van der Waals surface area contributed by atoms with Crippen LogP contribution < -0.4 is 4.90 Å². The number of hydrogen-bond donors (Lipinski definition) is 0. The highest BCUT2D eigenvalue weighted by Gasteiger charge is 2.42. The zero-order valence-corrected chi connectivity index (χ0v) is 16.9. The van der Waals surface area contributed by atoms with Crippen LogP contribution in [-0.4, -0.2) is 30.5 Å². The molecule has 0 spiro atoms. The normalized spacial score (nSPS) is 18.8. The van der Waals surface area contributed by atoms with Crippen LogP contribution in [0.15, 0.2) is 48.5 Å². The first-order chi connectivity index (χ1) is 13.5. The molecule has 7 heteroatoms. The van der Waals surface area contributed by atoms with Gasteiger partial charge in [-0.2, -0.15) is 0 Å². The number of non-ortho nitro benzene ring substituents is 1. The fraction of sp³-hybridized carbons (Fsp3) is 0.429. The number of rotatable bonds is 7. The Balaban J connectivity index is 1.97. The Morgan fingerprint density at radius 1 is 1.11 bits per heavy atom. The van der Waals surface area contributed by atoms with Gasteiger partial charge >= 0.3 is 0 Å². The molecule has 1 aliphatic rings. The van der Waals surface area contributed by atoms with Crippen LogP contribution in [0, 0.1) is 10.1 Å². The average Bonchev–Trinajstić information content (AvgIpc) is 2.69. The van der Waals surface area contributed by atoms with Gasteiger partial charge in [0.2, 0.25) is 0 Å². The molecule has 3 rings (SSSR count). The molecule has 0 radical (unpaired) electrons. The van der Waals surface area contributed by atoms with E-state index < -0.39 is 5.79 Å². The Hall–Kier alpha value is -2.15. The number of hydrogen-bond acceptors (Lipinski definition) is 5. The Labute approximate surface area is 170 Å². The smallest absolute Gasteiger partial charge is 0.269 e. The molecule has 1 heterocycles. The molecule has 1 atom stereocenters. The second-order valence-electron chi connectivity index (χ2n) is 6.77. The lowest BCUT2D eigenvalue weighted by molar-refractivity contribution is -0.384. The SMILES string of the molecule is CCOC1(OCC)CCN(c2ccc(Cl)cc2)C(c2ccc([N+](=O)[O-])cc2)C1. The van der Waals surface area contributed by atoms with Gasteiger partial charge in [0.25, 0.3) is 5.69 Å². The summed E-state index contributed by atoms with van der Waals surface area (Å²) in [6.07, 6.45) is 1.37. The first-order valence-electron chi connectivity index (χ1n) is 9.52. The van der Waals surface area contributed by atoms with Crippen LogP contribution in [0.5, 0.6) is 0 Å². The fourth-order valence-corrected chi connectivity index (χ4v) is 3.97. The van der Waals surface area contributed by atoms with Gasteiger partial charge in [-0.1, -0.05) is 23.7 Å². The Bertz CT molecular complexity index is 789. The summed E-state index contributed by atoms with van der Waals surface area (Å²) < 4.78 is 12.1. The molecule has 1 fully saturated rings. The van der Waals surface area contributed by atoms with E-state index in [2.05, 4.69) is 4.90 Å². The van der Waals surface area contributed by atoms with Crippen molar-refractivity contribution in [3.63, 3.8) is 0 Å². The number of benzene rings is 2. The predicted molar refractivity (Wildman–Crippen MR) is 110 cm³/mol. The van der Waals surface area contributed by atoms with E-state index in [9.17, 15) is 10.1 Å². The molecule has 2 aromatic carbocycles. The number of nitro benzene ring substituents is 1. The molecule has 0 bridgehead atoms. The van der Waals surface area contributed by atoms with Crippen LogP contribution in [0.2, 0.25) is 5.02 Å². The van der Waals surface area contributed by atoms with E-state index in [1.807, 2.05) is 50.2 Å².